The number of likely N-dealkylation sites (N-methyl/N-ethyl adjacent to an activating group) is 1. The fourth-order valence-electron chi connectivity index (χ4n) is 2.25. The number of halogens is 1. The molecule has 0 radical (unpaired) electrons. The summed E-state index contributed by atoms with van der Waals surface area (Å²) in [4.78, 5) is 26.2. The van der Waals surface area contributed by atoms with E-state index in [0.29, 0.717) is 22.1 Å². The van der Waals surface area contributed by atoms with Gasteiger partial charge in [0.25, 0.3) is 0 Å². The van der Waals surface area contributed by atoms with E-state index in [4.69, 9.17) is 16.3 Å². The van der Waals surface area contributed by atoms with Crippen molar-refractivity contribution in [1.29, 1.82) is 0 Å². The Labute approximate surface area is 158 Å². The standard InChI is InChI=1S/C19H22ClN3O3/c1-13(19(25)22-16-6-4-5-14(20)11-16)23(2)12-18(24)21-15-7-9-17(26-3)10-8-15/h4-11,13H,12H2,1-3H3,(H,21,24)(H,22,25)/t13-/m0/s1. The highest BCUT2D eigenvalue weighted by Crippen LogP contribution is 2.16. The third-order valence-electron chi connectivity index (χ3n) is 3.90. The molecule has 0 fully saturated rings. The van der Waals surface area contributed by atoms with Crippen LogP contribution in [-0.2, 0) is 9.59 Å². The van der Waals surface area contributed by atoms with Gasteiger partial charge in [0.1, 0.15) is 5.75 Å². The number of anilines is 2. The topological polar surface area (TPSA) is 70.7 Å². The zero-order valence-corrected chi connectivity index (χ0v) is 15.7. The molecule has 2 aromatic carbocycles. The summed E-state index contributed by atoms with van der Waals surface area (Å²) in [5.74, 6) is 0.290. The van der Waals surface area contributed by atoms with Gasteiger partial charge in [0, 0.05) is 16.4 Å². The fraction of sp³-hybridized carbons (Fsp3) is 0.263. The van der Waals surface area contributed by atoms with Crippen LogP contribution in [0.15, 0.2) is 48.5 Å². The minimum Gasteiger partial charge on any atom is -0.497 e. The normalized spacial score (nSPS) is 11.7. The van der Waals surface area contributed by atoms with Crippen molar-refractivity contribution in [2.75, 3.05) is 31.3 Å². The molecule has 0 heterocycles. The average molecular weight is 376 g/mol. The molecule has 6 nitrogen and oxygen atoms in total. The van der Waals surface area contributed by atoms with E-state index in [0.717, 1.165) is 0 Å². The molecule has 0 saturated heterocycles. The Bertz CT molecular complexity index is 765. The van der Waals surface area contributed by atoms with Crippen molar-refractivity contribution in [3.63, 3.8) is 0 Å². The first-order chi connectivity index (χ1) is 12.4. The number of hydrogen-bond acceptors (Lipinski definition) is 4. The van der Waals surface area contributed by atoms with Crippen molar-refractivity contribution in [2.24, 2.45) is 0 Å². The Morgan fingerprint density at radius 1 is 1.12 bits per heavy atom. The van der Waals surface area contributed by atoms with Crippen molar-refractivity contribution in [1.82, 2.24) is 4.90 Å². The molecular weight excluding hydrogens is 354 g/mol. The van der Waals surface area contributed by atoms with Crippen LogP contribution in [0.5, 0.6) is 5.75 Å². The lowest BCUT2D eigenvalue weighted by molar-refractivity contribution is -0.122. The lowest BCUT2D eigenvalue weighted by Gasteiger charge is -2.23. The van der Waals surface area contributed by atoms with E-state index in [2.05, 4.69) is 10.6 Å². The molecule has 0 aliphatic rings. The van der Waals surface area contributed by atoms with E-state index in [9.17, 15) is 9.59 Å². The van der Waals surface area contributed by atoms with E-state index < -0.39 is 6.04 Å². The van der Waals surface area contributed by atoms with Crippen LogP contribution in [0.25, 0.3) is 0 Å². The van der Waals surface area contributed by atoms with Crippen LogP contribution in [0.3, 0.4) is 0 Å². The third kappa shape index (κ3) is 5.75. The average Bonchev–Trinajstić information content (AvgIpc) is 2.61. The number of nitrogens with zero attached hydrogens (tertiary/aromatic N) is 1. The van der Waals surface area contributed by atoms with Gasteiger partial charge in [0.05, 0.1) is 19.7 Å². The van der Waals surface area contributed by atoms with Crippen molar-refractivity contribution < 1.29 is 14.3 Å². The zero-order chi connectivity index (χ0) is 19.1. The van der Waals surface area contributed by atoms with Gasteiger partial charge >= 0.3 is 0 Å². The molecule has 26 heavy (non-hydrogen) atoms. The van der Waals surface area contributed by atoms with Crippen LogP contribution >= 0.6 is 11.6 Å². The lowest BCUT2D eigenvalue weighted by Crippen LogP contribution is -2.43. The van der Waals surface area contributed by atoms with E-state index >= 15 is 0 Å². The zero-order valence-electron chi connectivity index (χ0n) is 15.0. The van der Waals surface area contributed by atoms with Crippen molar-refractivity contribution >= 4 is 34.8 Å². The Morgan fingerprint density at radius 2 is 1.81 bits per heavy atom. The van der Waals surface area contributed by atoms with Crippen LogP contribution < -0.4 is 15.4 Å². The molecule has 0 aromatic heterocycles. The summed E-state index contributed by atoms with van der Waals surface area (Å²) in [6.45, 7) is 1.82. The molecule has 138 valence electrons. The molecule has 2 amide bonds. The van der Waals surface area contributed by atoms with E-state index in [-0.39, 0.29) is 18.4 Å². The molecular formula is C19H22ClN3O3. The molecule has 2 aromatic rings. The molecule has 2 rings (SSSR count). The maximum absolute atomic E-state index is 12.3. The summed E-state index contributed by atoms with van der Waals surface area (Å²) < 4.78 is 5.08. The number of nitrogens with one attached hydrogen (secondary N) is 2. The maximum Gasteiger partial charge on any atom is 0.241 e. The molecule has 0 saturated carbocycles. The van der Waals surface area contributed by atoms with Gasteiger partial charge in [-0.1, -0.05) is 17.7 Å². The minimum absolute atomic E-state index is 0.0795. The fourth-order valence-corrected chi connectivity index (χ4v) is 2.44. The van der Waals surface area contributed by atoms with Crippen LogP contribution in [0, 0.1) is 0 Å². The highest BCUT2D eigenvalue weighted by atomic mass is 35.5. The Kier molecular flexibility index (Phi) is 7.00. The first-order valence-corrected chi connectivity index (χ1v) is 8.47. The molecule has 7 heteroatoms. The van der Waals surface area contributed by atoms with Crippen LogP contribution in [-0.4, -0.2) is 43.5 Å². The second-order valence-corrected chi connectivity index (χ2v) is 6.30. The van der Waals surface area contributed by atoms with Crippen LogP contribution in [0.2, 0.25) is 5.02 Å². The minimum atomic E-state index is -0.490. The predicted octanol–water partition coefficient (Wildman–Crippen LogP) is 3.25. The summed E-state index contributed by atoms with van der Waals surface area (Å²) in [5.41, 5.74) is 1.28. The number of ether oxygens (including phenoxy) is 1. The number of rotatable bonds is 7. The number of carbonyl (C=O) groups is 2. The van der Waals surface area contributed by atoms with E-state index in [1.54, 1.807) is 74.5 Å². The Hall–Kier alpha value is -2.57. The largest absolute Gasteiger partial charge is 0.497 e. The second kappa shape index (κ2) is 9.22. The molecule has 1 atom stereocenters. The molecule has 0 spiro atoms. The number of methoxy groups -OCH3 is 1. The summed E-state index contributed by atoms with van der Waals surface area (Å²) in [5, 5.41) is 6.12. The van der Waals surface area contributed by atoms with Crippen LogP contribution in [0.4, 0.5) is 11.4 Å². The molecule has 0 bridgehead atoms. The second-order valence-electron chi connectivity index (χ2n) is 5.87. The number of amides is 2. The summed E-state index contributed by atoms with van der Waals surface area (Å²) in [7, 11) is 3.30. The van der Waals surface area contributed by atoms with Gasteiger partial charge in [-0.3, -0.25) is 14.5 Å². The Morgan fingerprint density at radius 3 is 2.42 bits per heavy atom. The summed E-state index contributed by atoms with van der Waals surface area (Å²) in [6.07, 6.45) is 0. The van der Waals surface area contributed by atoms with Gasteiger partial charge in [-0.15, -0.1) is 0 Å². The summed E-state index contributed by atoms with van der Waals surface area (Å²) in [6, 6.07) is 13.5. The molecule has 0 aliphatic heterocycles. The highest BCUT2D eigenvalue weighted by molar-refractivity contribution is 6.30. The maximum atomic E-state index is 12.3. The van der Waals surface area contributed by atoms with Gasteiger partial charge in [-0.2, -0.15) is 0 Å². The molecule has 0 aliphatic carbocycles. The van der Waals surface area contributed by atoms with Crippen molar-refractivity contribution in [2.45, 2.75) is 13.0 Å². The number of benzene rings is 2. The van der Waals surface area contributed by atoms with Crippen LogP contribution in [0.1, 0.15) is 6.92 Å². The van der Waals surface area contributed by atoms with E-state index in [1.807, 2.05) is 0 Å². The first-order valence-electron chi connectivity index (χ1n) is 8.09. The third-order valence-corrected chi connectivity index (χ3v) is 4.13. The SMILES string of the molecule is COc1ccc(NC(=O)CN(C)[C@@H](C)C(=O)Nc2cccc(Cl)c2)cc1. The molecule has 0 unspecified atom stereocenters. The predicted molar refractivity (Wildman–Crippen MR) is 104 cm³/mol. The van der Waals surface area contributed by atoms with Crippen molar-refractivity contribution in [3.05, 3.63) is 53.6 Å². The van der Waals surface area contributed by atoms with Gasteiger partial charge < -0.3 is 15.4 Å². The monoisotopic (exact) mass is 375 g/mol. The molecule has 2 N–H and O–H groups in total. The van der Waals surface area contributed by atoms with Gasteiger partial charge in [0.15, 0.2) is 0 Å². The summed E-state index contributed by atoms with van der Waals surface area (Å²) >= 11 is 5.91. The smallest absolute Gasteiger partial charge is 0.241 e. The Balaban J connectivity index is 1.87. The quantitative estimate of drug-likeness (QED) is 0.779. The number of hydrogen-bond donors (Lipinski definition) is 2. The number of carbonyl (C=O) groups excluding carboxylic acids is 2. The van der Waals surface area contributed by atoms with Gasteiger partial charge in [-0.05, 0) is 56.4 Å². The lowest BCUT2D eigenvalue weighted by atomic mass is 10.2. The van der Waals surface area contributed by atoms with Crippen molar-refractivity contribution in [3.8, 4) is 5.75 Å². The van der Waals surface area contributed by atoms with E-state index in [1.165, 1.54) is 0 Å². The first kappa shape index (κ1) is 19.8. The van der Waals surface area contributed by atoms with Gasteiger partial charge in [0.2, 0.25) is 11.8 Å². The highest BCUT2D eigenvalue weighted by Gasteiger charge is 2.20. The van der Waals surface area contributed by atoms with Gasteiger partial charge in [-0.25, -0.2) is 0 Å².